The Kier molecular flexibility index (Phi) is 5.28. The van der Waals surface area contributed by atoms with Gasteiger partial charge in [-0.3, -0.25) is 4.57 Å². The number of carboxylic acid groups (broad SMARTS) is 1. The molecule has 7 nitrogen and oxygen atoms in total. The van der Waals surface area contributed by atoms with Gasteiger partial charge in [0.05, 0.1) is 17.1 Å². The van der Waals surface area contributed by atoms with Crippen LogP contribution in [-0.2, 0) is 4.74 Å². The summed E-state index contributed by atoms with van der Waals surface area (Å²) < 4.78 is 21.2. The van der Waals surface area contributed by atoms with Crippen LogP contribution in [0.1, 0.15) is 49.9 Å². The SMILES string of the molecule is C[C@H](NC(=O)OC(C)(C)C)c1nc2ccc(F)c(C(=O)O)c2n1-c1ccccc1. The molecule has 0 saturated carbocycles. The van der Waals surface area contributed by atoms with Crippen LogP contribution in [0.5, 0.6) is 0 Å². The number of carbonyl (C=O) groups is 2. The highest BCUT2D eigenvalue weighted by molar-refractivity contribution is 6.02. The fraction of sp³-hybridized carbons (Fsp3) is 0.286. The lowest BCUT2D eigenvalue weighted by Crippen LogP contribution is -2.34. The van der Waals surface area contributed by atoms with Crippen molar-refractivity contribution in [2.75, 3.05) is 0 Å². The molecule has 152 valence electrons. The molecule has 0 aliphatic heterocycles. The van der Waals surface area contributed by atoms with Crippen molar-refractivity contribution in [2.45, 2.75) is 39.3 Å². The number of aromatic carboxylic acids is 1. The number of aromatic nitrogens is 2. The fourth-order valence-corrected chi connectivity index (χ4v) is 3.04. The Morgan fingerprint density at radius 3 is 2.41 bits per heavy atom. The number of ether oxygens (including phenoxy) is 1. The summed E-state index contributed by atoms with van der Waals surface area (Å²) in [6.45, 7) is 6.94. The molecule has 29 heavy (non-hydrogen) atoms. The average molecular weight is 399 g/mol. The van der Waals surface area contributed by atoms with E-state index in [4.69, 9.17) is 4.74 Å². The number of amides is 1. The Labute approximate surface area is 167 Å². The van der Waals surface area contributed by atoms with Gasteiger partial charge in [-0.15, -0.1) is 0 Å². The molecule has 0 unspecified atom stereocenters. The minimum Gasteiger partial charge on any atom is -0.478 e. The lowest BCUT2D eigenvalue weighted by atomic mass is 10.1. The van der Waals surface area contributed by atoms with Gasteiger partial charge in [0.1, 0.15) is 22.8 Å². The molecule has 8 heteroatoms. The van der Waals surface area contributed by atoms with Gasteiger partial charge in [-0.1, -0.05) is 18.2 Å². The third kappa shape index (κ3) is 4.21. The van der Waals surface area contributed by atoms with Gasteiger partial charge in [-0.2, -0.15) is 0 Å². The van der Waals surface area contributed by atoms with Crippen LogP contribution in [0.25, 0.3) is 16.7 Å². The van der Waals surface area contributed by atoms with E-state index >= 15 is 0 Å². The Morgan fingerprint density at radius 1 is 1.17 bits per heavy atom. The van der Waals surface area contributed by atoms with Gasteiger partial charge in [0.2, 0.25) is 0 Å². The first-order chi connectivity index (χ1) is 13.6. The van der Waals surface area contributed by atoms with Crippen molar-refractivity contribution in [2.24, 2.45) is 0 Å². The van der Waals surface area contributed by atoms with Gasteiger partial charge < -0.3 is 15.2 Å². The number of hydrogen-bond acceptors (Lipinski definition) is 4. The van der Waals surface area contributed by atoms with E-state index in [-0.39, 0.29) is 5.52 Å². The predicted octanol–water partition coefficient (Wildman–Crippen LogP) is 4.45. The maximum absolute atomic E-state index is 14.4. The molecule has 0 aliphatic rings. The number of halogens is 1. The van der Waals surface area contributed by atoms with E-state index in [0.29, 0.717) is 17.0 Å². The first kappa shape index (κ1) is 20.3. The molecule has 0 bridgehead atoms. The van der Waals surface area contributed by atoms with Crippen molar-refractivity contribution in [1.29, 1.82) is 0 Å². The Hall–Kier alpha value is -3.42. The van der Waals surface area contributed by atoms with Gasteiger partial charge in [-0.05, 0) is 52.0 Å². The molecule has 2 N–H and O–H groups in total. The average Bonchev–Trinajstić information content (AvgIpc) is 2.99. The minimum atomic E-state index is -1.40. The maximum Gasteiger partial charge on any atom is 0.408 e. The van der Waals surface area contributed by atoms with Crippen molar-refractivity contribution in [3.8, 4) is 5.69 Å². The zero-order valence-electron chi connectivity index (χ0n) is 16.6. The van der Waals surface area contributed by atoms with Gasteiger partial charge >= 0.3 is 12.1 Å². The Bertz CT molecular complexity index is 1070. The molecule has 0 fully saturated rings. The maximum atomic E-state index is 14.4. The molecular formula is C21H22FN3O4. The van der Waals surface area contributed by atoms with Crippen LogP contribution in [0.15, 0.2) is 42.5 Å². The first-order valence-electron chi connectivity index (χ1n) is 9.07. The molecule has 2 aromatic carbocycles. The third-order valence-electron chi connectivity index (χ3n) is 4.14. The molecule has 0 aliphatic carbocycles. The number of carbonyl (C=O) groups excluding carboxylic acids is 1. The summed E-state index contributed by atoms with van der Waals surface area (Å²) in [5.41, 5.74) is -0.134. The van der Waals surface area contributed by atoms with Crippen LogP contribution < -0.4 is 5.32 Å². The normalized spacial score (nSPS) is 12.6. The lowest BCUT2D eigenvalue weighted by Gasteiger charge is -2.22. The highest BCUT2D eigenvalue weighted by atomic mass is 19.1. The predicted molar refractivity (Wildman–Crippen MR) is 106 cm³/mol. The number of benzene rings is 2. The molecule has 1 amide bonds. The number of carboxylic acids is 1. The molecule has 0 saturated heterocycles. The first-order valence-corrected chi connectivity index (χ1v) is 9.07. The van der Waals surface area contributed by atoms with Crippen molar-refractivity contribution >= 4 is 23.1 Å². The second-order valence-corrected chi connectivity index (χ2v) is 7.60. The van der Waals surface area contributed by atoms with E-state index in [2.05, 4.69) is 10.3 Å². The number of nitrogens with zero attached hydrogens (tertiary/aromatic N) is 2. The highest BCUT2D eigenvalue weighted by Crippen LogP contribution is 2.29. The molecule has 0 radical (unpaired) electrons. The summed E-state index contributed by atoms with van der Waals surface area (Å²) >= 11 is 0. The second kappa shape index (κ2) is 7.54. The molecule has 0 spiro atoms. The number of rotatable bonds is 4. The highest BCUT2D eigenvalue weighted by Gasteiger charge is 2.26. The van der Waals surface area contributed by atoms with E-state index in [1.54, 1.807) is 56.5 Å². The fourth-order valence-electron chi connectivity index (χ4n) is 3.04. The lowest BCUT2D eigenvalue weighted by molar-refractivity contribution is 0.0504. The molecule has 1 heterocycles. The molecule has 3 rings (SSSR count). The van der Waals surface area contributed by atoms with Crippen molar-refractivity contribution in [3.05, 3.63) is 59.7 Å². The standard InChI is InChI=1S/C21H22FN3O4/c1-12(23-20(28)29-21(2,3)4)18-24-15-11-10-14(22)16(19(26)27)17(15)25(18)13-8-6-5-7-9-13/h5-12H,1-4H3,(H,23,28)(H,26,27)/t12-/m0/s1. The topological polar surface area (TPSA) is 93.4 Å². The van der Waals surface area contributed by atoms with E-state index in [1.807, 2.05) is 6.07 Å². The van der Waals surface area contributed by atoms with Gasteiger partial charge in [0, 0.05) is 5.69 Å². The van der Waals surface area contributed by atoms with Crippen LogP contribution in [0.3, 0.4) is 0 Å². The molecule has 3 aromatic rings. The van der Waals surface area contributed by atoms with E-state index in [1.165, 1.54) is 6.07 Å². The Morgan fingerprint density at radius 2 is 1.83 bits per heavy atom. The zero-order valence-corrected chi connectivity index (χ0v) is 16.6. The number of para-hydroxylation sites is 1. The summed E-state index contributed by atoms with van der Waals surface area (Å²) in [5, 5.41) is 12.3. The van der Waals surface area contributed by atoms with Crippen molar-refractivity contribution in [1.82, 2.24) is 14.9 Å². The quantitative estimate of drug-likeness (QED) is 0.676. The zero-order chi connectivity index (χ0) is 21.3. The molecular weight excluding hydrogens is 377 g/mol. The number of nitrogens with one attached hydrogen (secondary N) is 1. The van der Waals surface area contributed by atoms with Crippen LogP contribution in [0.2, 0.25) is 0 Å². The largest absolute Gasteiger partial charge is 0.478 e. The van der Waals surface area contributed by atoms with E-state index in [0.717, 1.165) is 6.07 Å². The number of alkyl carbamates (subject to hydrolysis) is 1. The van der Waals surface area contributed by atoms with E-state index in [9.17, 15) is 19.1 Å². The van der Waals surface area contributed by atoms with Gasteiger partial charge in [0.25, 0.3) is 0 Å². The van der Waals surface area contributed by atoms with Crippen LogP contribution in [0.4, 0.5) is 9.18 Å². The Balaban J connectivity index is 2.18. The second-order valence-electron chi connectivity index (χ2n) is 7.60. The summed E-state index contributed by atoms with van der Waals surface area (Å²) in [6.07, 6.45) is -0.638. The number of hydrogen-bond donors (Lipinski definition) is 2. The van der Waals surface area contributed by atoms with Crippen molar-refractivity contribution < 1.29 is 23.8 Å². The monoisotopic (exact) mass is 399 g/mol. The minimum absolute atomic E-state index is 0.122. The summed E-state index contributed by atoms with van der Waals surface area (Å²) in [4.78, 5) is 28.5. The van der Waals surface area contributed by atoms with Crippen LogP contribution in [-0.4, -0.2) is 32.3 Å². The van der Waals surface area contributed by atoms with E-state index < -0.39 is 35.1 Å². The van der Waals surface area contributed by atoms with Crippen LogP contribution in [0, 0.1) is 5.82 Å². The summed E-state index contributed by atoms with van der Waals surface area (Å²) in [5.74, 6) is -1.91. The number of fused-ring (bicyclic) bond motifs is 1. The summed E-state index contributed by atoms with van der Waals surface area (Å²) in [7, 11) is 0. The summed E-state index contributed by atoms with van der Waals surface area (Å²) in [6, 6.07) is 10.7. The smallest absolute Gasteiger partial charge is 0.408 e. The molecule has 1 aromatic heterocycles. The van der Waals surface area contributed by atoms with Gasteiger partial charge in [-0.25, -0.2) is 19.0 Å². The number of imidazole rings is 1. The van der Waals surface area contributed by atoms with Crippen molar-refractivity contribution in [3.63, 3.8) is 0 Å². The molecule has 1 atom stereocenters. The van der Waals surface area contributed by atoms with Crippen LogP contribution >= 0.6 is 0 Å². The third-order valence-corrected chi connectivity index (χ3v) is 4.14. The van der Waals surface area contributed by atoms with Gasteiger partial charge in [0.15, 0.2) is 0 Å².